The van der Waals surface area contributed by atoms with E-state index in [1.807, 2.05) is 0 Å². The van der Waals surface area contributed by atoms with E-state index < -0.39 is 0 Å². The molecule has 1 aromatic carbocycles. The van der Waals surface area contributed by atoms with Crippen LogP contribution < -0.4 is 0 Å². The molecular weight excluding hydrogens is 325 g/mol. The molecule has 1 amide bonds. The first-order valence-corrected chi connectivity index (χ1v) is 8.13. The highest BCUT2D eigenvalue weighted by atomic mass is 19.1. The maximum Gasteiger partial charge on any atom is 0.289 e. The Morgan fingerprint density at radius 1 is 1.28 bits per heavy atom. The van der Waals surface area contributed by atoms with Gasteiger partial charge in [-0.25, -0.2) is 4.39 Å². The summed E-state index contributed by atoms with van der Waals surface area (Å²) in [6.07, 6.45) is 3.18. The average Bonchev–Trinajstić information content (AvgIpc) is 3.33. The first-order valence-electron chi connectivity index (χ1n) is 8.13. The van der Waals surface area contributed by atoms with Crippen molar-refractivity contribution in [2.24, 2.45) is 0 Å². The van der Waals surface area contributed by atoms with Gasteiger partial charge in [-0.3, -0.25) is 4.79 Å². The zero-order valence-corrected chi connectivity index (χ0v) is 13.4. The lowest BCUT2D eigenvalue weighted by molar-refractivity contribution is 0.0663. The fourth-order valence-corrected chi connectivity index (χ4v) is 3.07. The van der Waals surface area contributed by atoms with Gasteiger partial charge < -0.3 is 13.8 Å². The van der Waals surface area contributed by atoms with E-state index in [4.69, 9.17) is 8.94 Å². The predicted molar refractivity (Wildman–Crippen MR) is 86.3 cm³/mol. The number of aromatic nitrogens is 2. The van der Waals surface area contributed by atoms with Crippen LogP contribution in [0.3, 0.4) is 0 Å². The maximum atomic E-state index is 13.3. The van der Waals surface area contributed by atoms with Crippen molar-refractivity contribution in [3.63, 3.8) is 0 Å². The molecule has 0 aliphatic carbocycles. The van der Waals surface area contributed by atoms with E-state index in [-0.39, 0.29) is 17.6 Å². The van der Waals surface area contributed by atoms with Gasteiger partial charge in [0.15, 0.2) is 5.76 Å². The minimum atomic E-state index is -0.350. The number of carbonyl (C=O) groups is 1. The van der Waals surface area contributed by atoms with Crippen molar-refractivity contribution in [2.45, 2.75) is 18.8 Å². The summed E-state index contributed by atoms with van der Waals surface area (Å²) in [6.45, 7) is 1.16. The molecule has 0 N–H and O–H groups in total. The quantitative estimate of drug-likeness (QED) is 0.729. The van der Waals surface area contributed by atoms with Crippen LogP contribution in [0.15, 0.2) is 51.6 Å². The number of likely N-dealkylation sites (tertiary alicyclic amines) is 1. The zero-order valence-electron chi connectivity index (χ0n) is 13.4. The van der Waals surface area contributed by atoms with Gasteiger partial charge in [-0.1, -0.05) is 17.3 Å². The van der Waals surface area contributed by atoms with Gasteiger partial charge in [-0.05, 0) is 37.1 Å². The number of carbonyl (C=O) groups excluding carboxylic acids is 1. The molecule has 6 nitrogen and oxygen atoms in total. The molecule has 0 bridgehead atoms. The second-order valence-electron chi connectivity index (χ2n) is 6.03. The van der Waals surface area contributed by atoms with Gasteiger partial charge in [0, 0.05) is 18.7 Å². The average molecular weight is 341 g/mol. The fraction of sp³-hybridized carbons (Fsp3) is 0.278. The van der Waals surface area contributed by atoms with E-state index in [2.05, 4.69) is 10.1 Å². The number of halogens is 1. The molecule has 1 saturated heterocycles. The molecule has 128 valence electrons. The van der Waals surface area contributed by atoms with Crippen molar-refractivity contribution in [3.8, 4) is 11.4 Å². The molecule has 4 rings (SSSR count). The zero-order chi connectivity index (χ0) is 17.2. The minimum absolute atomic E-state index is 0.0394. The molecule has 1 fully saturated rings. The highest BCUT2D eigenvalue weighted by molar-refractivity contribution is 5.91. The highest BCUT2D eigenvalue weighted by Crippen LogP contribution is 2.28. The Morgan fingerprint density at radius 2 is 2.20 bits per heavy atom. The fourth-order valence-electron chi connectivity index (χ4n) is 3.07. The van der Waals surface area contributed by atoms with E-state index in [9.17, 15) is 9.18 Å². The Bertz CT molecular complexity index is 875. The number of amides is 1. The van der Waals surface area contributed by atoms with Crippen molar-refractivity contribution in [2.75, 3.05) is 13.1 Å². The summed E-state index contributed by atoms with van der Waals surface area (Å²) in [5.41, 5.74) is 0.564. The maximum absolute atomic E-state index is 13.3. The molecule has 25 heavy (non-hydrogen) atoms. The van der Waals surface area contributed by atoms with Crippen LogP contribution in [0, 0.1) is 5.82 Å². The molecule has 0 spiro atoms. The number of rotatable bonds is 3. The SMILES string of the molecule is O=C(c1ccco1)N1CCCC(c2nc(-c3cccc(F)c3)no2)C1. The second-order valence-corrected chi connectivity index (χ2v) is 6.03. The van der Waals surface area contributed by atoms with Crippen LogP contribution in [-0.4, -0.2) is 34.0 Å². The summed E-state index contributed by atoms with van der Waals surface area (Å²) in [4.78, 5) is 18.6. The van der Waals surface area contributed by atoms with Crippen LogP contribution >= 0.6 is 0 Å². The summed E-state index contributed by atoms with van der Waals surface area (Å²) in [5, 5.41) is 3.95. The van der Waals surface area contributed by atoms with Crippen molar-refractivity contribution in [1.82, 2.24) is 15.0 Å². The van der Waals surface area contributed by atoms with Crippen molar-refractivity contribution in [1.29, 1.82) is 0 Å². The summed E-state index contributed by atoms with van der Waals surface area (Å²) >= 11 is 0. The molecule has 1 unspecified atom stereocenters. The molecule has 3 aromatic rings. The summed E-state index contributed by atoms with van der Waals surface area (Å²) in [6, 6.07) is 9.40. The second kappa shape index (κ2) is 6.51. The molecule has 0 radical (unpaired) electrons. The topological polar surface area (TPSA) is 72.4 Å². The number of furan rings is 1. The van der Waals surface area contributed by atoms with E-state index >= 15 is 0 Å². The Hall–Kier alpha value is -2.96. The Labute approximate surface area is 143 Å². The van der Waals surface area contributed by atoms with Gasteiger partial charge in [-0.2, -0.15) is 4.98 Å². The van der Waals surface area contributed by atoms with Gasteiger partial charge in [0.25, 0.3) is 5.91 Å². The van der Waals surface area contributed by atoms with Crippen molar-refractivity contribution in [3.05, 3.63) is 60.1 Å². The molecule has 3 heterocycles. The van der Waals surface area contributed by atoms with Crippen LogP contribution in [0.5, 0.6) is 0 Å². The third kappa shape index (κ3) is 3.17. The predicted octanol–water partition coefficient (Wildman–Crippen LogP) is 3.49. The first kappa shape index (κ1) is 15.6. The third-order valence-corrected chi connectivity index (χ3v) is 4.31. The van der Waals surface area contributed by atoms with E-state index in [1.165, 1.54) is 18.4 Å². The van der Waals surface area contributed by atoms with Gasteiger partial charge in [0.1, 0.15) is 5.82 Å². The normalized spacial score (nSPS) is 17.6. The lowest BCUT2D eigenvalue weighted by Gasteiger charge is -2.30. The summed E-state index contributed by atoms with van der Waals surface area (Å²) in [7, 11) is 0. The van der Waals surface area contributed by atoms with Crippen molar-refractivity contribution < 1.29 is 18.1 Å². The van der Waals surface area contributed by atoms with Gasteiger partial charge in [0.2, 0.25) is 11.7 Å². The van der Waals surface area contributed by atoms with E-state index in [1.54, 1.807) is 29.2 Å². The number of hydrogen-bond acceptors (Lipinski definition) is 5. The first-order chi connectivity index (χ1) is 12.2. The molecule has 7 heteroatoms. The van der Waals surface area contributed by atoms with Crippen LogP contribution in [0.4, 0.5) is 4.39 Å². The number of piperidine rings is 1. The smallest absolute Gasteiger partial charge is 0.289 e. The lowest BCUT2D eigenvalue weighted by atomic mass is 9.97. The van der Waals surface area contributed by atoms with E-state index in [0.29, 0.717) is 36.1 Å². The molecular formula is C18H16FN3O3. The van der Waals surface area contributed by atoms with Crippen LogP contribution in [0.2, 0.25) is 0 Å². The van der Waals surface area contributed by atoms with Gasteiger partial charge >= 0.3 is 0 Å². The minimum Gasteiger partial charge on any atom is -0.459 e. The molecule has 1 aliphatic rings. The number of hydrogen-bond donors (Lipinski definition) is 0. The number of benzene rings is 1. The van der Waals surface area contributed by atoms with Crippen LogP contribution in [-0.2, 0) is 0 Å². The summed E-state index contributed by atoms with van der Waals surface area (Å²) in [5.74, 6) is 0.616. The van der Waals surface area contributed by atoms with Gasteiger partial charge in [-0.15, -0.1) is 0 Å². The monoisotopic (exact) mass is 341 g/mol. The molecule has 2 aromatic heterocycles. The summed E-state index contributed by atoms with van der Waals surface area (Å²) < 4.78 is 23.9. The molecule has 0 saturated carbocycles. The van der Waals surface area contributed by atoms with Crippen LogP contribution in [0.25, 0.3) is 11.4 Å². The Kier molecular flexibility index (Phi) is 4.05. The Morgan fingerprint density at radius 3 is 3.00 bits per heavy atom. The van der Waals surface area contributed by atoms with Gasteiger partial charge in [0.05, 0.1) is 12.2 Å². The largest absolute Gasteiger partial charge is 0.459 e. The number of nitrogens with zero attached hydrogens (tertiary/aromatic N) is 3. The third-order valence-electron chi connectivity index (χ3n) is 4.31. The Balaban J connectivity index is 1.51. The molecule has 1 aliphatic heterocycles. The highest BCUT2D eigenvalue weighted by Gasteiger charge is 2.30. The van der Waals surface area contributed by atoms with Crippen LogP contribution in [0.1, 0.15) is 35.2 Å². The van der Waals surface area contributed by atoms with E-state index in [0.717, 1.165) is 12.8 Å². The molecule has 1 atom stereocenters. The standard InChI is InChI=1S/C18H16FN3O3/c19-14-6-1-4-12(10-14)16-20-17(25-21-16)13-5-2-8-22(11-13)18(23)15-7-3-9-24-15/h1,3-4,6-7,9-10,13H,2,5,8,11H2. The van der Waals surface area contributed by atoms with Crippen molar-refractivity contribution >= 4 is 5.91 Å². The lowest BCUT2D eigenvalue weighted by Crippen LogP contribution is -2.39.